The number of aryl methyl sites for hydroxylation is 2. The van der Waals surface area contributed by atoms with Gasteiger partial charge in [0.25, 0.3) is 0 Å². The maximum atomic E-state index is 11.6. The Balaban J connectivity index is 1.13. The molecule has 2 aromatic carbocycles. The molecule has 1 saturated heterocycles. The van der Waals surface area contributed by atoms with Crippen molar-refractivity contribution in [3.8, 4) is 5.69 Å². The zero-order chi connectivity index (χ0) is 23.5. The number of rotatable bonds is 8. The van der Waals surface area contributed by atoms with Crippen LogP contribution in [0, 0.1) is 0 Å². The maximum absolute atomic E-state index is 11.6. The number of primary amides is 1. The van der Waals surface area contributed by atoms with Gasteiger partial charge in [-0.05, 0) is 105 Å². The number of piperidine rings is 1. The number of fused-ring (bicyclic) bond motifs is 1. The summed E-state index contributed by atoms with van der Waals surface area (Å²) in [5, 5.41) is 5.71. The third-order valence-electron chi connectivity index (χ3n) is 7.18. The lowest BCUT2D eigenvalue weighted by atomic mass is 9.88. The first kappa shape index (κ1) is 22.4. The quantitative estimate of drug-likeness (QED) is 0.399. The zero-order valence-corrected chi connectivity index (χ0v) is 19.8. The van der Waals surface area contributed by atoms with Crippen LogP contribution in [0.15, 0.2) is 61.1 Å². The van der Waals surface area contributed by atoms with Crippen LogP contribution < -0.4 is 5.73 Å². The largest absolute Gasteiger partial charge is 0.366 e. The fraction of sp³-hybridized carbons (Fsp3) is 0.357. The first-order valence-corrected chi connectivity index (χ1v) is 12.4. The van der Waals surface area contributed by atoms with Crippen LogP contribution in [0.4, 0.5) is 0 Å². The van der Waals surface area contributed by atoms with E-state index in [0.29, 0.717) is 11.5 Å². The number of aromatic amines is 1. The van der Waals surface area contributed by atoms with Crippen molar-refractivity contribution in [1.29, 1.82) is 0 Å². The average molecular weight is 456 g/mol. The van der Waals surface area contributed by atoms with Crippen molar-refractivity contribution in [2.75, 3.05) is 19.6 Å². The molecule has 6 nitrogen and oxygen atoms in total. The lowest BCUT2D eigenvalue weighted by Crippen LogP contribution is -2.33. The summed E-state index contributed by atoms with van der Waals surface area (Å²) in [6.07, 6.45) is 11.8. The molecule has 0 radical (unpaired) electrons. The Morgan fingerprint density at radius 2 is 2.00 bits per heavy atom. The Morgan fingerprint density at radius 3 is 2.79 bits per heavy atom. The molecule has 176 valence electrons. The smallest absolute Gasteiger partial charge is 0.248 e. The van der Waals surface area contributed by atoms with Crippen LogP contribution in [-0.2, 0) is 12.8 Å². The van der Waals surface area contributed by atoms with Gasteiger partial charge in [0.1, 0.15) is 0 Å². The summed E-state index contributed by atoms with van der Waals surface area (Å²) in [5.41, 5.74) is 12.2. The van der Waals surface area contributed by atoms with E-state index >= 15 is 0 Å². The summed E-state index contributed by atoms with van der Waals surface area (Å²) in [5.74, 6) is 0.147. The number of nitrogens with two attached hydrogens (primary N) is 1. The molecule has 1 amide bonds. The number of hydrogen-bond donors (Lipinski definition) is 2. The molecule has 34 heavy (non-hydrogen) atoms. The number of nitrogens with one attached hydrogen (secondary N) is 1. The van der Waals surface area contributed by atoms with Gasteiger partial charge in [0.05, 0.1) is 11.9 Å². The van der Waals surface area contributed by atoms with Crippen LogP contribution in [0.5, 0.6) is 0 Å². The molecule has 3 N–H and O–H groups in total. The van der Waals surface area contributed by atoms with Gasteiger partial charge >= 0.3 is 0 Å². The van der Waals surface area contributed by atoms with Crippen molar-refractivity contribution < 1.29 is 4.79 Å². The molecular formula is C28H33N5O. The van der Waals surface area contributed by atoms with Gasteiger partial charge < -0.3 is 15.6 Å². The predicted octanol–water partition coefficient (Wildman–Crippen LogP) is 4.83. The summed E-state index contributed by atoms with van der Waals surface area (Å²) in [4.78, 5) is 17.5. The Kier molecular flexibility index (Phi) is 6.50. The molecule has 1 aliphatic rings. The van der Waals surface area contributed by atoms with E-state index in [9.17, 15) is 4.79 Å². The van der Waals surface area contributed by atoms with Crippen LogP contribution in [0.1, 0.15) is 59.2 Å². The predicted molar refractivity (Wildman–Crippen MR) is 136 cm³/mol. The van der Waals surface area contributed by atoms with Crippen molar-refractivity contribution in [3.63, 3.8) is 0 Å². The second-order valence-corrected chi connectivity index (χ2v) is 9.40. The Bertz CT molecular complexity index is 1280. The average Bonchev–Trinajstić information content (AvgIpc) is 3.51. The van der Waals surface area contributed by atoms with Gasteiger partial charge in [0.2, 0.25) is 5.91 Å². The van der Waals surface area contributed by atoms with E-state index in [1.165, 1.54) is 16.7 Å². The second kappa shape index (κ2) is 9.85. The lowest BCUT2D eigenvalue weighted by Gasteiger charge is -2.32. The van der Waals surface area contributed by atoms with E-state index in [-0.39, 0.29) is 5.91 Å². The van der Waals surface area contributed by atoms with Crippen LogP contribution in [0.3, 0.4) is 0 Å². The minimum Gasteiger partial charge on any atom is -0.366 e. The molecule has 0 aliphatic carbocycles. The number of carbonyl (C=O) groups is 1. The van der Waals surface area contributed by atoms with Crippen LogP contribution in [0.2, 0.25) is 0 Å². The molecule has 0 bridgehead atoms. The number of likely N-dealkylation sites (tertiary alicyclic amines) is 1. The summed E-state index contributed by atoms with van der Waals surface area (Å²) < 4.78 is 1.99. The number of nitrogens with zero attached hydrogens (tertiary/aromatic N) is 3. The molecule has 1 fully saturated rings. The van der Waals surface area contributed by atoms with Crippen molar-refractivity contribution >= 4 is 16.8 Å². The van der Waals surface area contributed by atoms with E-state index in [4.69, 9.17) is 5.73 Å². The van der Waals surface area contributed by atoms with E-state index in [0.717, 1.165) is 68.3 Å². The lowest BCUT2D eigenvalue weighted by molar-refractivity contribution is 0.100. The van der Waals surface area contributed by atoms with Crippen LogP contribution in [-0.4, -0.2) is 45.2 Å². The van der Waals surface area contributed by atoms with E-state index < -0.39 is 0 Å². The molecule has 0 spiro atoms. The van der Waals surface area contributed by atoms with Gasteiger partial charge in [-0.25, -0.2) is 4.68 Å². The summed E-state index contributed by atoms with van der Waals surface area (Å²) >= 11 is 0. The minimum absolute atomic E-state index is 0.371. The molecule has 3 heterocycles. The SMILES string of the molecule is CCc1cccc(-n2cc(CCCN3CCC(c4c[nH]c5ccc(C(N)=O)cc45)CC3)cn2)c1. The van der Waals surface area contributed by atoms with Gasteiger partial charge in [0.15, 0.2) is 0 Å². The molecule has 0 unspecified atom stereocenters. The fourth-order valence-electron chi connectivity index (χ4n) is 5.16. The van der Waals surface area contributed by atoms with E-state index in [2.05, 4.69) is 58.6 Å². The third-order valence-corrected chi connectivity index (χ3v) is 7.18. The van der Waals surface area contributed by atoms with Gasteiger partial charge in [-0.2, -0.15) is 5.10 Å². The standard InChI is InChI=1S/C28H33N5O/c1-2-20-5-3-7-24(15-20)33-19-21(17-31-33)6-4-12-32-13-10-22(11-14-32)26-18-30-27-9-8-23(28(29)34)16-25(26)27/h3,5,7-9,15-19,22,30H,2,4,6,10-14H2,1H3,(H2,29,34). The molecule has 5 rings (SSSR count). The van der Waals surface area contributed by atoms with Crippen molar-refractivity contribution in [2.45, 2.75) is 44.9 Å². The van der Waals surface area contributed by atoms with Crippen molar-refractivity contribution in [2.24, 2.45) is 5.73 Å². The Hall–Kier alpha value is -3.38. The normalized spacial score (nSPS) is 15.2. The van der Waals surface area contributed by atoms with Gasteiger partial charge in [-0.1, -0.05) is 19.1 Å². The molecule has 2 aromatic heterocycles. The molecule has 6 heteroatoms. The third kappa shape index (κ3) is 4.77. The minimum atomic E-state index is -0.371. The zero-order valence-electron chi connectivity index (χ0n) is 19.8. The summed E-state index contributed by atoms with van der Waals surface area (Å²) in [6, 6.07) is 14.3. The van der Waals surface area contributed by atoms with Gasteiger partial charge in [-0.15, -0.1) is 0 Å². The Morgan fingerprint density at radius 1 is 1.15 bits per heavy atom. The van der Waals surface area contributed by atoms with Crippen molar-refractivity contribution in [1.82, 2.24) is 19.7 Å². The molecule has 0 atom stereocenters. The summed E-state index contributed by atoms with van der Waals surface area (Å²) in [7, 11) is 0. The number of hydrogen-bond acceptors (Lipinski definition) is 3. The number of H-pyrrole nitrogens is 1. The highest BCUT2D eigenvalue weighted by Gasteiger charge is 2.23. The highest BCUT2D eigenvalue weighted by molar-refractivity contribution is 5.98. The topological polar surface area (TPSA) is 79.9 Å². The molecule has 4 aromatic rings. The molecule has 0 saturated carbocycles. The summed E-state index contributed by atoms with van der Waals surface area (Å²) in [6.45, 7) is 5.51. The number of carbonyl (C=O) groups excluding carboxylic acids is 1. The highest BCUT2D eigenvalue weighted by atomic mass is 16.1. The van der Waals surface area contributed by atoms with Crippen LogP contribution >= 0.6 is 0 Å². The Labute approximate surface area is 200 Å². The van der Waals surface area contributed by atoms with Gasteiger partial charge in [-0.3, -0.25) is 4.79 Å². The number of amides is 1. The van der Waals surface area contributed by atoms with Crippen LogP contribution in [0.25, 0.3) is 16.6 Å². The van der Waals surface area contributed by atoms with E-state index in [1.807, 2.05) is 23.0 Å². The van der Waals surface area contributed by atoms with E-state index in [1.54, 1.807) is 6.07 Å². The molecular weight excluding hydrogens is 422 g/mol. The molecule has 1 aliphatic heterocycles. The monoisotopic (exact) mass is 455 g/mol. The first-order chi connectivity index (χ1) is 16.6. The number of aromatic nitrogens is 3. The van der Waals surface area contributed by atoms with Gasteiger partial charge in [0, 0.05) is 28.9 Å². The highest BCUT2D eigenvalue weighted by Crippen LogP contribution is 2.33. The first-order valence-electron chi connectivity index (χ1n) is 12.4. The maximum Gasteiger partial charge on any atom is 0.248 e. The van der Waals surface area contributed by atoms with Crippen molar-refractivity contribution in [3.05, 3.63) is 83.3 Å². The second-order valence-electron chi connectivity index (χ2n) is 9.40. The number of benzene rings is 2. The fourth-order valence-corrected chi connectivity index (χ4v) is 5.16.